The van der Waals surface area contributed by atoms with Crippen LogP contribution in [0.3, 0.4) is 0 Å². The number of hydrogen-bond acceptors (Lipinski definition) is 3. The number of rotatable bonds is 6. The summed E-state index contributed by atoms with van der Waals surface area (Å²) in [5, 5.41) is 0.617. The van der Waals surface area contributed by atoms with Crippen LogP contribution in [-0.2, 0) is 4.79 Å². The topological polar surface area (TPSA) is 49.9 Å². The average molecular weight is 469 g/mol. The van der Waals surface area contributed by atoms with Gasteiger partial charge < -0.3 is 14.5 Å². The standard InChI is InChI=1S/C27H33ClN2O3/c1-21-9-3-4-12-24(21)26(32)30-16-8-13-27(19-30,18-25(31)29-14-5-2-6-15-29)20-33-23-11-7-10-22(28)17-23/h3-4,7,9-12,17H,2,5-6,8,13-16,18-20H2,1H3/t27-/m0/s1. The van der Waals surface area contributed by atoms with E-state index >= 15 is 0 Å². The summed E-state index contributed by atoms with van der Waals surface area (Å²) in [6.45, 7) is 5.22. The van der Waals surface area contributed by atoms with Gasteiger partial charge >= 0.3 is 0 Å². The van der Waals surface area contributed by atoms with Crippen molar-refractivity contribution >= 4 is 23.4 Å². The second kappa shape index (κ2) is 10.6. The van der Waals surface area contributed by atoms with Crippen molar-refractivity contribution in [2.24, 2.45) is 5.41 Å². The average Bonchev–Trinajstić information content (AvgIpc) is 2.83. The number of amides is 2. The Morgan fingerprint density at radius 3 is 2.48 bits per heavy atom. The summed E-state index contributed by atoms with van der Waals surface area (Å²) >= 11 is 6.14. The molecule has 2 aliphatic heterocycles. The van der Waals surface area contributed by atoms with Crippen LogP contribution in [0.25, 0.3) is 0 Å². The van der Waals surface area contributed by atoms with Crippen LogP contribution in [-0.4, -0.2) is 54.4 Å². The monoisotopic (exact) mass is 468 g/mol. The third kappa shape index (κ3) is 5.89. The van der Waals surface area contributed by atoms with E-state index in [0.29, 0.717) is 36.9 Å². The minimum Gasteiger partial charge on any atom is -0.493 e. The second-order valence-corrected chi connectivity index (χ2v) is 9.95. The van der Waals surface area contributed by atoms with Crippen molar-refractivity contribution in [3.8, 4) is 5.75 Å². The molecule has 0 radical (unpaired) electrons. The molecule has 0 saturated carbocycles. The molecule has 33 heavy (non-hydrogen) atoms. The van der Waals surface area contributed by atoms with Gasteiger partial charge in [0, 0.05) is 48.6 Å². The number of nitrogens with zero attached hydrogens (tertiary/aromatic N) is 2. The van der Waals surface area contributed by atoms with Crippen LogP contribution in [0.1, 0.15) is 54.4 Å². The fourth-order valence-electron chi connectivity index (χ4n) is 5.05. The Morgan fingerprint density at radius 1 is 0.970 bits per heavy atom. The molecule has 4 rings (SSSR count). The van der Waals surface area contributed by atoms with Crippen LogP contribution in [0.4, 0.5) is 0 Å². The number of aryl methyl sites for hydroxylation is 1. The number of carbonyl (C=O) groups is 2. The van der Waals surface area contributed by atoms with Gasteiger partial charge in [-0.05, 0) is 68.9 Å². The van der Waals surface area contributed by atoms with Crippen molar-refractivity contribution in [3.05, 3.63) is 64.7 Å². The maximum Gasteiger partial charge on any atom is 0.254 e. The van der Waals surface area contributed by atoms with Gasteiger partial charge in [0.2, 0.25) is 5.91 Å². The molecule has 0 spiro atoms. The number of hydrogen-bond donors (Lipinski definition) is 0. The molecule has 2 aliphatic rings. The first-order chi connectivity index (χ1) is 16.0. The molecular weight excluding hydrogens is 436 g/mol. The summed E-state index contributed by atoms with van der Waals surface area (Å²) in [7, 11) is 0. The lowest BCUT2D eigenvalue weighted by atomic mass is 9.77. The first-order valence-corrected chi connectivity index (χ1v) is 12.3. The predicted octanol–water partition coefficient (Wildman–Crippen LogP) is 5.35. The molecule has 0 aromatic heterocycles. The Labute approximate surface area is 201 Å². The molecule has 2 saturated heterocycles. The minimum absolute atomic E-state index is 0.0327. The highest BCUT2D eigenvalue weighted by atomic mass is 35.5. The molecule has 0 bridgehead atoms. The van der Waals surface area contributed by atoms with Crippen molar-refractivity contribution in [1.82, 2.24) is 9.80 Å². The Kier molecular flexibility index (Phi) is 7.59. The number of likely N-dealkylation sites (tertiary alicyclic amines) is 2. The molecule has 1 atom stereocenters. The van der Waals surface area contributed by atoms with Crippen molar-refractivity contribution in [3.63, 3.8) is 0 Å². The highest BCUT2D eigenvalue weighted by molar-refractivity contribution is 6.30. The van der Waals surface area contributed by atoms with Crippen LogP contribution in [0.15, 0.2) is 48.5 Å². The highest BCUT2D eigenvalue weighted by Gasteiger charge is 2.41. The summed E-state index contributed by atoms with van der Waals surface area (Å²) in [6, 6.07) is 15.0. The Morgan fingerprint density at radius 2 is 1.73 bits per heavy atom. The van der Waals surface area contributed by atoms with E-state index in [1.165, 1.54) is 6.42 Å². The summed E-state index contributed by atoms with van der Waals surface area (Å²) in [5.41, 5.74) is 1.28. The molecular formula is C27H33ClN2O3. The van der Waals surface area contributed by atoms with Gasteiger partial charge in [-0.3, -0.25) is 9.59 Å². The van der Waals surface area contributed by atoms with Crippen molar-refractivity contribution in [2.45, 2.75) is 45.4 Å². The normalized spacial score (nSPS) is 21.0. The first-order valence-electron chi connectivity index (χ1n) is 12.0. The fraction of sp³-hybridized carbons (Fsp3) is 0.481. The molecule has 2 fully saturated rings. The maximum atomic E-state index is 13.4. The van der Waals surface area contributed by atoms with Crippen molar-refractivity contribution < 1.29 is 14.3 Å². The lowest BCUT2D eigenvalue weighted by Gasteiger charge is -2.43. The SMILES string of the molecule is Cc1ccccc1C(=O)N1CCC[C@](COc2cccc(Cl)c2)(CC(=O)N2CCCCC2)C1. The van der Waals surface area contributed by atoms with Gasteiger partial charge in [-0.15, -0.1) is 0 Å². The second-order valence-electron chi connectivity index (χ2n) is 9.51. The minimum atomic E-state index is -0.423. The summed E-state index contributed by atoms with van der Waals surface area (Å²) in [6.07, 6.45) is 5.41. The lowest BCUT2D eigenvalue weighted by Crippen LogP contribution is -2.51. The van der Waals surface area contributed by atoms with E-state index in [4.69, 9.17) is 16.3 Å². The van der Waals surface area contributed by atoms with Gasteiger partial charge in [0.05, 0.1) is 6.61 Å². The molecule has 2 heterocycles. The number of halogens is 1. The number of ether oxygens (including phenoxy) is 1. The van der Waals surface area contributed by atoms with Crippen molar-refractivity contribution in [1.29, 1.82) is 0 Å². The van der Waals surface area contributed by atoms with Gasteiger partial charge in [-0.2, -0.15) is 0 Å². The predicted molar refractivity (Wildman–Crippen MR) is 131 cm³/mol. The van der Waals surface area contributed by atoms with Gasteiger partial charge in [-0.1, -0.05) is 35.9 Å². The Hall–Kier alpha value is -2.53. The smallest absolute Gasteiger partial charge is 0.254 e. The zero-order chi connectivity index (χ0) is 23.3. The molecule has 2 amide bonds. The maximum absolute atomic E-state index is 13.4. The number of carbonyl (C=O) groups excluding carboxylic acids is 2. The van der Waals surface area contributed by atoms with Crippen LogP contribution in [0.2, 0.25) is 5.02 Å². The third-order valence-electron chi connectivity index (χ3n) is 6.90. The van der Waals surface area contributed by atoms with Gasteiger partial charge in [0.1, 0.15) is 5.75 Å². The van der Waals surface area contributed by atoms with Crippen LogP contribution < -0.4 is 4.74 Å². The third-order valence-corrected chi connectivity index (χ3v) is 7.14. The van der Waals surface area contributed by atoms with Crippen molar-refractivity contribution in [2.75, 3.05) is 32.8 Å². The molecule has 5 nitrogen and oxygen atoms in total. The number of piperidine rings is 2. The molecule has 2 aromatic rings. The number of benzene rings is 2. The molecule has 2 aromatic carbocycles. The van der Waals surface area contributed by atoms with E-state index in [-0.39, 0.29) is 11.8 Å². The quantitative estimate of drug-likeness (QED) is 0.574. The molecule has 176 valence electrons. The highest BCUT2D eigenvalue weighted by Crippen LogP contribution is 2.36. The van der Waals surface area contributed by atoms with Crippen LogP contribution in [0, 0.1) is 12.3 Å². The summed E-state index contributed by atoms with van der Waals surface area (Å²) in [5.74, 6) is 0.898. The van der Waals surface area contributed by atoms with E-state index in [0.717, 1.165) is 49.9 Å². The first kappa shape index (κ1) is 23.6. The molecule has 0 N–H and O–H groups in total. The van der Waals surface area contributed by atoms with E-state index in [9.17, 15) is 9.59 Å². The zero-order valence-corrected chi connectivity index (χ0v) is 20.2. The van der Waals surface area contributed by atoms with Crippen LogP contribution in [0.5, 0.6) is 5.75 Å². The molecule has 0 aliphatic carbocycles. The van der Waals surface area contributed by atoms with Crippen LogP contribution >= 0.6 is 11.6 Å². The van der Waals surface area contributed by atoms with Gasteiger partial charge in [0.15, 0.2) is 0 Å². The Balaban J connectivity index is 1.54. The van der Waals surface area contributed by atoms with Gasteiger partial charge in [-0.25, -0.2) is 0 Å². The largest absolute Gasteiger partial charge is 0.493 e. The molecule has 0 unspecified atom stereocenters. The summed E-state index contributed by atoms with van der Waals surface area (Å²) < 4.78 is 6.18. The Bertz CT molecular complexity index is 989. The lowest BCUT2D eigenvalue weighted by molar-refractivity contribution is -0.136. The molecule has 6 heteroatoms. The van der Waals surface area contributed by atoms with E-state index in [1.54, 1.807) is 6.07 Å². The fourth-order valence-corrected chi connectivity index (χ4v) is 5.23. The zero-order valence-electron chi connectivity index (χ0n) is 19.4. The van der Waals surface area contributed by atoms with Gasteiger partial charge in [0.25, 0.3) is 5.91 Å². The van der Waals surface area contributed by atoms with E-state index < -0.39 is 5.41 Å². The summed E-state index contributed by atoms with van der Waals surface area (Å²) in [4.78, 5) is 30.6. The van der Waals surface area contributed by atoms with E-state index in [2.05, 4.69) is 0 Å². The van der Waals surface area contributed by atoms with E-state index in [1.807, 2.05) is 59.2 Å².